The number of anilines is 1. The molecule has 2 fully saturated rings. The number of piperidine rings is 1. The average Bonchev–Trinajstić information content (AvgIpc) is 3.19. The van der Waals surface area contributed by atoms with Crippen LogP contribution >= 0.6 is 0 Å². The molecular weight excluding hydrogens is 310 g/mol. The van der Waals surface area contributed by atoms with E-state index in [1.165, 1.54) is 57.2 Å². The van der Waals surface area contributed by atoms with Crippen LogP contribution in [0.3, 0.4) is 0 Å². The molecule has 1 saturated carbocycles. The minimum absolute atomic E-state index is 0.436. The fourth-order valence-electron chi connectivity index (χ4n) is 4.61. The van der Waals surface area contributed by atoms with Crippen LogP contribution in [-0.2, 0) is 0 Å². The molecule has 2 heterocycles. The van der Waals surface area contributed by atoms with Gasteiger partial charge in [0.05, 0.1) is 5.69 Å². The second kappa shape index (κ2) is 7.56. The Labute approximate surface area is 150 Å². The van der Waals surface area contributed by atoms with Gasteiger partial charge in [0.15, 0.2) is 0 Å². The molecule has 1 aliphatic heterocycles. The second-order valence-electron chi connectivity index (χ2n) is 7.75. The van der Waals surface area contributed by atoms with Crippen LogP contribution in [0.25, 0.3) is 5.69 Å². The van der Waals surface area contributed by atoms with E-state index in [1.807, 2.05) is 0 Å². The van der Waals surface area contributed by atoms with E-state index in [9.17, 15) is 0 Å². The first-order valence-corrected chi connectivity index (χ1v) is 9.75. The Hall–Kier alpha value is -1.88. The zero-order valence-corrected chi connectivity index (χ0v) is 14.9. The fourth-order valence-corrected chi connectivity index (χ4v) is 4.61. The van der Waals surface area contributed by atoms with E-state index in [0.717, 1.165) is 24.1 Å². The van der Waals surface area contributed by atoms with Crippen molar-refractivity contribution in [1.82, 2.24) is 14.8 Å². The third-order valence-corrected chi connectivity index (χ3v) is 6.02. The number of benzene rings is 1. The van der Waals surface area contributed by atoms with Crippen LogP contribution in [0.2, 0.25) is 0 Å². The van der Waals surface area contributed by atoms with Gasteiger partial charge in [-0.05, 0) is 68.2 Å². The topological polar surface area (TPSA) is 60.0 Å². The van der Waals surface area contributed by atoms with Crippen LogP contribution in [-0.4, -0.2) is 33.9 Å². The molecule has 0 radical (unpaired) electrons. The van der Waals surface area contributed by atoms with E-state index in [4.69, 9.17) is 5.73 Å². The first-order chi connectivity index (χ1) is 12.3. The summed E-state index contributed by atoms with van der Waals surface area (Å²) in [7, 11) is 0. The van der Waals surface area contributed by atoms with Gasteiger partial charge in [-0.25, -0.2) is 9.67 Å². The van der Waals surface area contributed by atoms with Gasteiger partial charge < -0.3 is 10.6 Å². The van der Waals surface area contributed by atoms with Crippen LogP contribution in [0.4, 0.5) is 5.69 Å². The van der Waals surface area contributed by atoms with Crippen molar-refractivity contribution in [2.75, 3.05) is 18.0 Å². The van der Waals surface area contributed by atoms with Gasteiger partial charge >= 0.3 is 0 Å². The molecule has 0 bridgehead atoms. The molecule has 0 amide bonds. The van der Waals surface area contributed by atoms with Crippen LogP contribution in [0.15, 0.2) is 36.9 Å². The van der Waals surface area contributed by atoms with Crippen molar-refractivity contribution in [3.8, 4) is 5.69 Å². The van der Waals surface area contributed by atoms with Crippen LogP contribution in [0, 0.1) is 11.8 Å². The summed E-state index contributed by atoms with van der Waals surface area (Å²) < 4.78 is 1.80. The third kappa shape index (κ3) is 3.87. The highest BCUT2D eigenvalue weighted by Gasteiger charge is 2.27. The van der Waals surface area contributed by atoms with Gasteiger partial charge in [-0.15, -0.1) is 0 Å². The molecule has 1 saturated heterocycles. The molecule has 134 valence electrons. The van der Waals surface area contributed by atoms with E-state index in [2.05, 4.69) is 39.2 Å². The van der Waals surface area contributed by atoms with Crippen molar-refractivity contribution >= 4 is 5.69 Å². The molecule has 5 heteroatoms. The number of rotatable bonds is 4. The smallest absolute Gasteiger partial charge is 0.138 e. The van der Waals surface area contributed by atoms with Crippen LogP contribution in [0.1, 0.15) is 44.9 Å². The first-order valence-electron chi connectivity index (χ1n) is 9.75. The van der Waals surface area contributed by atoms with E-state index in [1.54, 1.807) is 17.3 Å². The zero-order valence-electron chi connectivity index (χ0n) is 14.9. The maximum atomic E-state index is 6.38. The second-order valence-corrected chi connectivity index (χ2v) is 7.75. The van der Waals surface area contributed by atoms with E-state index < -0.39 is 0 Å². The maximum absolute atomic E-state index is 6.38. The Morgan fingerprint density at radius 1 is 1.00 bits per heavy atom. The Kier molecular flexibility index (Phi) is 5.02. The summed E-state index contributed by atoms with van der Waals surface area (Å²) in [6.07, 6.45) is 12.5. The molecule has 2 aromatic rings. The minimum atomic E-state index is 0.436. The lowest BCUT2D eigenvalue weighted by Crippen LogP contribution is -2.39. The third-order valence-electron chi connectivity index (χ3n) is 6.02. The van der Waals surface area contributed by atoms with Crippen molar-refractivity contribution < 1.29 is 0 Å². The molecular formula is C20H29N5. The van der Waals surface area contributed by atoms with Crippen molar-refractivity contribution in [3.63, 3.8) is 0 Å². The Morgan fingerprint density at radius 2 is 1.80 bits per heavy atom. The SMILES string of the molecule is N[C@@H]1CCCC[C@H]1CC1CCCN(c2ccc(-n3cncn3)cc2)C1. The molecule has 3 atom stereocenters. The Morgan fingerprint density at radius 3 is 2.56 bits per heavy atom. The molecule has 0 spiro atoms. The van der Waals surface area contributed by atoms with E-state index in [-0.39, 0.29) is 0 Å². The molecule has 2 aliphatic rings. The van der Waals surface area contributed by atoms with Gasteiger partial charge in [0, 0.05) is 24.8 Å². The highest BCUT2D eigenvalue weighted by atomic mass is 15.3. The quantitative estimate of drug-likeness (QED) is 0.927. The summed E-state index contributed by atoms with van der Waals surface area (Å²) in [5.74, 6) is 1.53. The predicted octanol–water partition coefficient (Wildman–Crippen LogP) is 3.39. The van der Waals surface area contributed by atoms with Gasteiger partial charge in [-0.1, -0.05) is 12.8 Å². The number of nitrogens with zero attached hydrogens (tertiary/aromatic N) is 4. The van der Waals surface area contributed by atoms with Gasteiger partial charge in [0.1, 0.15) is 12.7 Å². The molecule has 25 heavy (non-hydrogen) atoms. The molecule has 1 aromatic carbocycles. The first kappa shape index (κ1) is 16.6. The molecule has 4 rings (SSSR count). The summed E-state index contributed by atoms with van der Waals surface area (Å²) in [4.78, 5) is 6.56. The van der Waals surface area contributed by atoms with Gasteiger partial charge in [0.2, 0.25) is 0 Å². The molecule has 1 aliphatic carbocycles. The summed E-state index contributed by atoms with van der Waals surface area (Å²) in [5, 5.41) is 4.19. The number of hydrogen-bond acceptors (Lipinski definition) is 4. The van der Waals surface area contributed by atoms with E-state index in [0.29, 0.717) is 6.04 Å². The monoisotopic (exact) mass is 339 g/mol. The average molecular weight is 339 g/mol. The lowest BCUT2D eigenvalue weighted by molar-refractivity contribution is 0.237. The van der Waals surface area contributed by atoms with Crippen LogP contribution in [0.5, 0.6) is 0 Å². The maximum Gasteiger partial charge on any atom is 0.138 e. The van der Waals surface area contributed by atoms with Crippen molar-refractivity contribution in [3.05, 3.63) is 36.9 Å². The number of hydrogen-bond donors (Lipinski definition) is 1. The Balaban J connectivity index is 1.39. The highest BCUT2D eigenvalue weighted by molar-refractivity contribution is 5.51. The standard InChI is InChI=1S/C20H29N5/c21-20-6-2-1-5-17(20)12-16-4-3-11-24(13-16)18-7-9-19(10-8-18)25-15-22-14-23-25/h7-10,14-17,20H,1-6,11-13,21H2/t16?,17-,20+/m0/s1. The summed E-state index contributed by atoms with van der Waals surface area (Å²) in [5.41, 5.74) is 8.76. The molecule has 5 nitrogen and oxygen atoms in total. The molecule has 1 unspecified atom stereocenters. The zero-order chi connectivity index (χ0) is 17.1. The largest absolute Gasteiger partial charge is 0.371 e. The summed E-state index contributed by atoms with van der Waals surface area (Å²) in [6, 6.07) is 9.12. The number of nitrogens with two attached hydrogens (primary N) is 1. The van der Waals surface area contributed by atoms with Crippen molar-refractivity contribution in [1.29, 1.82) is 0 Å². The lowest BCUT2D eigenvalue weighted by atomic mass is 9.77. The highest BCUT2D eigenvalue weighted by Crippen LogP contribution is 2.33. The van der Waals surface area contributed by atoms with Crippen molar-refractivity contribution in [2.45, 2.75) is 51.0 Å². The predicted molar refractivity (Wildman–Crippen MR) is 101 cm³/mol. The lowest BCUT2D eigenvalue weighted by Gasteiger charge is -2.38. The van der Waals surface area contributed by atoms with Gasteiger partial charge in [0.25, 0.3) is 0 Å². The van der Waals surface area contributed by atoms with Gasteiger partial charge in [-0.3, -0.25) is 0 Å². The summed E-state index contributed by atoms with van der Waals surface area (Å²) in [6.45, 7) is 2.34. The number of aromatic nitrogens is 3. The van der Waals surface area contributed by atoms with Crippen LogP contribution < -0.4 is 10.6 Å². The molecule has 1 aromatic heterocycles. The van der Waals surface area contributed by atoms with E-state index >= 15 is 0 Å². The Bertz CT molecular complexity index is 651. The summed E-state index contributed by atoms with van der Waals surface area (Å²) >= 11 is 0. The minimum Gasteiger partial charge on any atom is -0.371 e. The normalized spacial score (nSPS) is 27.4. The molecule has 2 N–H and O–H groups in total. The fraction of sp³-hybridized carbons (Fsp3) is 0.600. The van der Waals surface area contributed by atoms with Gasteiger partial charge in [-0.2, -0.15) is 5.10 Å². The van der Waals surface area contributed by atoms with Crippen molar-refractivity contribution in [2.24, 2.45) is 17.6 Å².